The minimum atomic E-state index is -4.78. The summed E-state index contributed by atoms with van der Waals surface area (Å²) in [6, 6.07) is -1.14. The molecule has 0 bridgehead atoms. The van der Waals surface area contributed by atoms with E-state index in [1.54, 1.807) is 0 Å². The van der Waals surface area contributed by atoms with E-state index in [9.17, 15) is 33.1 Å². The molecule has 1 fully saturated rings. The van der Waals surface area contributed by atoms with Crippen molar-refractivity contribution in [1.29, 1.82) is 0 Å². The average molecular weight is 335 g/mol. The molecule has 9 nitrogen and oxygen atoms in total. The van der Waals surface area contributed by atoms with Crippen LogP contribution < -0.4 is 5.73 Å². The highest BCUT2D eigenvalue weighted by molar-refractivity contribution is 7.80. The summed E-state index contributed by atoms with van der Waals surface area (Å²) in [6.07, 6.45) is 0.838. The third-order valence-electron chi connectivity index (χ3n) is 4.37. The molecule has 0 saturated heterocycles. The molecule has 1 aliphatic carbocycles. The van der Waals surface area contributed by atoms with E-state index in [4.69, 9.17) is 5.73 Å². The number of nitrogens with two attached hydrogens (primary N) is 1. The summed E-state index contributed by atoms with van der Waals surface area (Å²) in [6.45, 7) is -0.903. The fourth-order valence-corrected chi connectivity index (χ4v) is 4.19. The second-order valence-corrected chi connectivity index (χ2v) is 7.16. The van der Waals surface area contributed by atoms with Crippen LogP contribution in [0.15, 0.2) is 23.9 Å². The Balaban J connectivity index is 2.48. The SMILES string of the molecule is NC(=O)C1=CC=C[N+](C2CC(CO)C(O)C2O)(S(=O)(=O)O)C1. The van der Waals surface area contributed by atoms with Crippen LogP contribution in [-0.4, -0.2) is 69.5 Å². The van der Waals surface area contributed by atoms with Crippen LogP contribution in [0.3, 0.4) is 0 Å². The molecule has 5 atom stereocenters. The van der Waals surface area contributed by atoms with Gasteiger partial charge in [0.2, 0.25) is 5.91 Å². The summed E-state index contributed by atoms with van der Waals surface area (Å²) in [5, 5.41) is 29.2. The molecule has 6 N–H and O–H groups in total. The number of hydrogen-bond acceptors (Lipinski definition) is 6. The lowest BCUT2D eigenvalue weighted by Gasteiger charge is -2.38. The number of nitrogens with zero attached hydrogens (tertiary/aromatic N) is 1. The van der Waals surface area contributed by atoms with Crippen molar-refractivity contribution in [3.05, 3.63) is 23.9 Å². The maximum absolute atomic E-state index is 12.0. The van der Waals surface area contributed by atoms with Crippen molar-refractivity contribution in [2.75, 3.05) is 13.2 Å². The van der Waals surface area contributed by atoms with Gasteiger partial charge in [-0.05, 0) is 12.2 Å². The van der Waals surface area contributed by atoms with Crippen LogP contribution in [0, 0.1) is 5.92 Å². The smallest absolute Gasteiger partial charge is 0.396 e. The summed E-state index contributed by atoms with van der Waals surface area (Å²) >= 11 is 0. The van der Waals surface area contributed by atoms with E-state index in [2.05, 4.69) is 0 Å². The Morgan fingerprint density at radius 2 is 2.00 bits per heavy atom. The highest BCUT2D eigenvalue weighted by Gasteiger charge is 2.58. The lowest BCUT2D eigenvalue weighted by molar-refractivity contribution is -0.785. The molecule has 1 amide bonds. The Morgan fingerprint density at radius 1 is 1.36 bits per heavy atom. The quantitative estimate of drug-likeness (QED) is 0.284. The summed E-state index contributed by atoms with van der Waals surface area (Å²) in [5.41, 5.74) is 5.13. The van der Waals surface area contributed by atoms with Crippen LogP contribution in [0.25, 0.3) is 0 Å². The molecule has 0 spiro atoms. The fraction of sp³-hybridized carbons (Fsp3) is 0.583. The van der Waals surface area contributed by atoms with Gasteiger partial charge in [0.05, 0.1) is 11.7 Å². The molecule has 0 aromatic rings. The Bertz CT molecular complexity index is 629. The maximum Gasteiger partial charge on any atom is 0.437 e. The first-order chi connectivity index (χ1) is 10.1. The van der Waals surface area contributed by atoms with E-state index in [1.807, 2.05) is 0 Å². The van der Waals surface area contributed by atoms with Gasteiger partial charge in [-0.2, -0.15) is 3.89 Å². The largest absolute Gasteiger partial charge is 0.437 e. The topological polar surface area (TPSA) is 158 Å². The highest BCUT2D eigenvalue weighted by atomic mass is 32.2. The Hall–Kier alpha value is -1.30. The van der Waals surface area contributed by atoms with E-state index < -0.39 is 57.4 Å². The molecular formula is C12H19N2O7S+. The van der Waals surface area contributed by atoms with Crippen LogP contribution in [0.1, 0.15) is 6.42 Å². The molecule has 1 heterocycles. The van der Waals surface area contributed by atoms with Gasteiger partial charge in [-0.3, -0.25) is 4.79 Å². The van der Waals surface area contributed by atoms with Crippen molar-refractivity contribution in [3.8, 4) is 0 Å². The summed E-state index contributed by atoms with van der Waals surface area (Å²) in [5.74, 6) is -1.57. The van der Waals surface area contributed by atoms with E-state index >= 15 is 0 Å². The van der Waals surface area contributed by atoms with E-state index in [0.717, 1.165) is 6.20 Å². The fourth-order valence-electron chi connectivity index (χ4n) is 3.11. The van der Waals surface area contributed by atoms with Crippen molar-refractivity contribution in [2.45, 2.75) is 24.7 Å². The third kappa shape index (κ3) is 2.57. The second-order valence-electron chi connectivity index (χ2n) is 5.58. The average Bonchev–Trinajstić information content (AvgIpc) is 2.74. The minimum Gasteiger partial charge on any atom is -0.396 e. The highest BCUT2D eigenvalue weighted by Crippen LogP contribution is 2.38. The Morgan fingerprint density at radius 3 is 2.45 bits per heavy atom. The molecule has 10 heteroatoms. The first-order valence-corrected chi connectivity index (χ1v) is 8.04. The molecular weight excluding hydrogens is 316 g/mol. The van der Waals surface area contributed by atoms with E-state index in [-0.39, 0.29) is 12.0 Å². The van der Waals surface area contributed by atoms with Crippen LogP contribution >= 0.6 is 0 Å². The van der Waals surface area contributed by atoms with Crippen molar-refractivity contribution in [2.24, 2.45) is 11.7 Å². The van der Waals surface area contributed by atoms with Crippen molar-refractivity contribution >= 4 is 16.2 Å². The first kappa shape index (κ1) is 17.1. The normalized spacial score (nSPS) is 38.8. The zero-order chi connectivity index (χ0) is 16.7. The number of quaternary nitrogens is 1. The maximum atomic E-state index is 12.0. The standard InChI is InChI=1S/C12H18N2O7S/c13-12(18)7-2-1-3-14(5-7,22(19,20)21)9-4-8(6-15)10(16)11(9)17/h1-3,8-11,15-17H,4-6H2,(H2-,13,18,19,20,21)/p+1. The van der Waals surface area contributed by atoms with Crippen molar-refractivity contribution < 1.29 is 37.0 Å². The van der Waals surface area contributed by atoms with Gasteiger partial charge in [0, 0.05) is 18.9 Å². The molecule has 0 radical (unpaired) electrons. The number of rotatable bonds is 4. The number of amides is 1. The van der Waals surface area contributed by atoms with E-state index in [0.29, 0.717) is 0 Å². The number of aliphatic hydroxyl groups is 3. The molecule has 22 heavy (non-hydrogen) atoms. The number of hydrogen-bond donors (Lipinski definition) is 5. The van der Waals surface area contributed by atoms with Crippen LogP contribution in [-0.2, 0) is 15.1 Å². The number of allylic oxidation sites excluding steroid dienone is 2. The summed E-state index contributed by atoms with van der Waals surface area (Å²) < 4.78 is 32.4. The zero-order valence-corrected chi connectivity index (χ0v) is 12.4. The molecule has 0 aromatic carbocycles. The number of carbonyl (C=O) groups is 1. The van der Waals surface area contributed by atoms with Gasteiger partial charge < -0.3 is 21.1 Å². The molecule has 0 aromatic heterocycles. The van der Waals surface area contributed by atoms with Gasteiger partial charge >= 0.3 is 10.3 Å². The number of aliphatic hydroxyl groups excluding tert-OH is 3. The summed E-state index contributed by atoms with van der Waals surface area (Å²) in [7, 11) is -4.78. The van der Waals surface area contributed by atoms with Gasteiger partial charge in [0.25, 0.3) is 0 Å². The third-order valence-corrected chi connectivity index (χ3v) is 5.75. The van der Waals surface area contributed by atoms with Crippen molar-refractivity contribution in [1.82, 2.24) is 0 Å². The first-order valence-electron chi connectivity index (χ1n) is 6.64. The number of carbonyl (C=O) groups excluding carboxylic acids is 1. The lowest BCUT2D eigenvalue weighted by Crippen LogP contribution is -2.60. The number of primary amides is 1. The van der Waals surface area contributed by atoms with Gasteiger partial charge in [0.1, 0.15) is 24.9 Å². The van der Waals surface area contributed by atoms with Gasteiger partial charge in [-0.25, -0.2) is 4.55 Å². The second kappa shape index (κ2) is 5.72. The van der Waals surface area contributed by atoms with E-state index in [1.165, 1.54) is 12.2 Å². The molecule has 1 aliphatic heterocycles. The molecule has 124 valence electrons. The van der Waals surface area contributed by atoms with Crippen molar-refractivity contribution in [3.63, 3.8) is 0 Å². The van der Waals surface area contributed by atoms with Crippen LogP contribution in [0.5, 0.6) is 0 Å². The lowest BCUT2D eigenvalue weighted by atomic mass is 10.1. The van der Waals surface area contributed by atoms with Gasteiger partial charge in [0.15, 0.2) is 0 Å². The predicted octanol–water partition coefficient (Wildman–Crippen LogP) is -2.35. The minimum absolute atomic E-state index is 0.0331. The summed E-state index contributed by atoms with van der Waals surface area (Å²) in [4.78, 5) is 11.3. The zero-order valence-electron chi connectivity index (χ0n) is 11.6. The van der Waals surface area contributed by atoms with Gasteiger partial charge in [-0.15, -0.1) is 8.42 Å². The van der Waals surface area contributed by atoms with Crippen LogP contribution in [0.4, 0.5) is 0 Å². The molecule has 5 unspecified atom stereocenters. The molecule has 1 saturated carbocycles. The Labute approximate surface area is 127 Å². The molecule has 2 rings (SSSR count). The monoisotopic (exact) mass is 335 g/mol. The van der Waals surface area contributed by atoms with Crippen LogP contribution in [0.2, 0.25) is 0 Å². The van der Waals surface area contributed by atoms with Gasteiger partial charge in [-0.1, -0.05) is 0 Å². The molecule has 2 aliphatic rings. The predicted molar refractivity (Wildman–Crippen MR) is 74.1 cm³/mol. The Kier molecular flexibility index (Phi) is 4.44.